The van der Waals surface area contributed by atoms with Crippen molar-refractivity contribution < 1.29 is 13.2 Å². The van der Waals surface area contributed by atoms with Gasteiger partial charge in [-0.3, -0.25) is 0 Å². The van der Waals surface area contributed by atoms with Crippen molar-refractivity contribution >= 4 is 10.2 Å². The Kier molecular flexibility index (Phi) is 6.80. The third kappa shape index (κ3) is 5.16. The number of piperidine rings is 1. The zero-order chi connectivity index (χ0) is 16.7. The molecule has 0 unspecified atom stereocenters. The molecule has 23 heavy (non-hydrogen) atoms. The lowest BCUT2D eigenvalue weighted by molar-refractivity contribution is 0.177. The molecular weight excluding hydrogens is 314 g/mol. The first-order valence-electron chi connectivity index (χ1n) is 8.29. The fourth-order valence-corrected chi connectivity index (χ4v) is 4.06. The van der Waals surface area contributed by atoms with Crippen LogP contribution >= 0.6 is 0 Å². The van der Waals surface area contributed by atoms with E-state index in [1.807, 2.05) is 18.2 Å². The van der Waals surface area contributed by atoms with Gasteiger partial charge >= 0.3 is 0 Å². The van der Waals surface area contributed by atoms with Crippen LogP contribution in [-0.4, -0.2) is 55.3 Å². The van der Waals surface area contributed by atoms with Gasteiger partial charge in [-0.05, 0) is 31.2 Å². The largest absolute Gasteiger partial charge is 0.477 e. The molecule has 0 radical (unpaired) electrons. The first-order valence-corrected chi connectivity index (χ1v) is 9.69. The summed E-state index contributed by atoms with van der Waals surface area (Å²) in [7, 11) is -1.64. The van der Waals surface area contributed by atoms with Gasteiger partial charge in [-0.1, -0.05) is 19.4 Å². The van der Waals surface area contributed by atoms with Gasteiger partial charge in [0.15, 0.2) is 0 Å². The molecule has 0 aromatic carbocycles. The minimum Gasteiger partial charge on any atom is -0.477 e. The molecule has 1 aromatic heterocycles. The highest BCUT2D eigenvalue weighted by Gasteiger charge is 2.30. The van der Waals surface area contributed by atoms with Crippen molar-refractivity contribution in [1.82, 2.24) is 13.6 Å². The Balaban J connectivity index is 1.79. The van der Waals surface area contributed by atoms with Crippen molar-refractivity contribution in [1.29, 1.82) is 0 Å². The average Bonchev–Trinajstić information content (AvgIpc) is 2.59. The molecule has 0 aliphatic carbocycles. The zero-order valence-electron chi connectivity index (χ0n) is 14.0. The summed E-state index contributed by atoms with van der Waals surface area (Å²) in [6.07, 6.45) is 5.24. The van der Waals surface area contributed by atoms with Gasteiger partial charge in [-0.2, -0.15) is 17.0 Å². The number of unbranched alkanes of at least 4 members (excludes halogenated alkanes) is 1. The van der Waals surface area contributed by atoms with Crippen molar-refractivity contribution in [3.8, 4) is 5.88 Å². The molecule has 1 aliphatic rings. The van der Waals surface area contributed by atoms with Gasteiger partial charge in [0, 0.05) is 38.9 Å². The normalized spacial score (nSPS) is 17.5. The lowest BCUT2D eigenvalue weighted by Gasteiger charge is -2.33. The molecule has 0 spiro atoms. The molecule has 7 heteroatoms. The summed E-state index contributed by atoms with van der Waals surface area (Å²) in [5.41, 5.74) is 0. The first kappa shape index (κ1) is 18.2. The van der Waals surface area contributed by atoms with Crippen LogP contribution in [0.5, 0.6) is 5.88 Å². The summed E-state index contributed by atoms with van der Waals surface area (Å²) in [5.74, 6) is 1.01. The fourth-order valence-electron chi connectivity index (χ4n) is 2.64. The standard InChI is InChI=1S/C16H27N3O3S/c1-3-4-11-18(2)23(20,21)19-12-8-15(9-13-19)14-22-16-7-5-6-10-17-16/h5-7,10,15H,3-4,8-9,11-14H2,1-2H3. The van der Waals surface area contributed by atoms with Crippen LogP contribution in [0.1, 0.15) is 32.6 Å². The van der Waals surface area contributed by atoms with Crippen LogP contribution in [0.15, 0.2) is 24.4 Å². The summed E-state index contributed by atoms with van der Waals surface area (Å²) in [4.78, 5) is 4.13. The second kappa shape index (κ2) is 8.61. The molecule has 0 bridgehead atoms. The fraction of sp³-hybridized carbons (Fsp3) is 0.688. The Labute approximate surface area is 139 Å². The van der Waals surface area contributed by atoms with E-state index in [-0.39, 0.29) is 0 Å². The van der Waals surface area contributed by atoms with E-state index in [0.29, 0.717) is 38.0 Å². The number of nitrogens with zero attached hydrogens (tertiary/aromatic N) is 3. The number of hydrogen-bond acceptors (Lipinski definition) is 4. The summed E-state index contributed by atoms with van der Waals surface area (Å²) >= 11 is 0. The van der Waals surface area contributed by atoms with Gasteiger partial charge in [0.05, 0.1) is 6.61 Å². The summed E-state index contributed by atoms with van der Waals surface area (Å²) in [6, 6.07) is 5.58. The van der Waals surface area contributed by atoms with Gasteiger partial charge in [0.25, 0.3) is 10.2 Å². The molecule has 1 aromatic rings. The van der Waals surface area contributed by atoms with E-state index in [9.17, 15) is 8.42 Å². The zero-order valence-corrected chi connectivity index (χ0v) is 14.8. The lowest BCUT2D eigenvalue weighted by atomic mass is 9.99. The predicted octanol–water partition coefficient (Wildman–Crippen LogP) is 2.15. The number of ether oxygens (including phenoxy) is 1. The highest BCUT2D eigenvalue weighted by atomic mass is 32.2. The monoisotopic (exact) mass is 341 g/mol. The predicted molar refractivity (Wildman–Crippen MR) is 90.5 cm³/mol. The molecule has 0 atom stereocenters. The molecule has 0 saturated carbocycles. The van der Waals surface area contributed by atoms with Crippen LogP contribution in [0, 0.1) is 5.92 Å². The third-order valence-electron chi connectivity index (χ3n) is 4.22. The Morgan fingerprint density at radius 2 is 2.09 bits per heavy atom. The van der Waals surface area contributed by atoms with Gasteiger partial charge < -0.3 is 4.74 Å². The van der Waals surface area contributed by atoms with E-state index in [2.05, 4.69) is 11.9 Å². The minimum absolute atomic E-state index is 0.379. The number of rotatable bonds is 8. The molecule has 1 saturated heterocycles. The van der Waals surface area contributed by atoms with E-state index in [1.54, 1.807) is 17.5 Å². The van der Waals surface area contributed by atoms with Crippen LogP contribution in [0.2, 0.25) is 0 Å². The van der Waals surface area contributed by atoms with Gasteiger partial charge in [-0.15, -0.1) is 0 Å². The second-order valence-corrected chi connectivity index (χ2v) is 8.04. The Morgan fingerprint density at radius 3 is 2.70 bits per heavy atom. The molecule has 0 N–H and O–H groups in total. The molecule has 1 fully saturated rings. The average molecular weight is 341 g/mol. The Morgan fingerprint density at radius 1 is 1.35 bits per heavy atom. The number of hydrogen-bond donors (Lipinski definition) is 0. The Hall–Kier alpha value is -1.18. The van der Waals surface area contributed by atoms with Gasteiger partial charge in [-0.25, -0.2) is 4.98 Å². The summed E-state index contributed by atoms with van der Waals surface area (Å²) in [6.45, 7) is 4.37. The Bertz CT molecular complexity index is 557. The molecule has 6 nitrogen and oxygen atoms in total. The maximum atomic E-state index is 12.5. The molecule has 0 amide bonds. The quantitative estimate of drug-likeness (QED) is 0.727. The van der Waals surface area contributed by atoms with E-state index in [1.165, 1.54) is 4.31 Å². The smallest absolute Gasteiger partial charge is 0.281 e. The van der Waals surface area contributed by atoms with Crippen molar-refractivity contribution in [3.05, 3.63) is 24.4 Å². The van der Waals surface area contributed by atoms with E-state index in [4.69, 9.17) is 4.74 Å². The second-order valence-electron chi connectivity index (χ2n) is 6.00. The van der Waals surface area contributed by atoms with Crippen LogP contribution in [0.25, 0.3) is 0 Å². The topological polar surface area (TPSA) is 62.7 Å². The molecule has 1 aliphatic heterocycles. The molecular formula is C16H27N3O3S. The molecule has 2 rings (SSSR count). The van der Waals surface area contributed by atoms with Crippen LogP contribution in [0.3, 0.4) is 0 Å². The van der Waals surface area contributed by atoms with E-state index >= 15 is 0 Å². The van der Waals surface area contributed by atoms with Crippen LogP contribution in [-0.2, 0) is 10.2 Å². The van der Waals surface area contributed by atoms with Crippen molar-refractivity contribution in [2.75, 3.05) is 33.3 Å². The SMILES string of the molecule is CCCCN(C)S(=O)(=O)N1CCC(COc2ccccn2)CC1. The lowest BCUT2D eigenvalue weighted by Crippen LogP contribution is -2.46. The summed E-state index contributed by atoms with van der Waals surface area (Å²) in [5, 5.41) is 0. The number of aromatic nitrogens is 1. The molecule has 130 valence electrons. The van der Waals surface area contributed by atoms with Crippen molar-refractivity contribution in [2.24, 2.45) is 5.92 Å². The highest BCUT2D eigenvalue weighted by molar-refractivity contribution is 7.86. The van der Waals surface area contributed by atoms with Gasteiger partial charge in [0.1, 0.15) is 0 Å². The van der Waals surface area contributed by atoms with Crippen LogP contribution < -0.4 is 4.74 Å². The highest BCUT2D eigenvalue weighted by Crippen LogP contribution is 2.22. The first-order chi connectivity index (χ1) is 11.0. The maximum absolute atomic E-state index is 12.5. The molecule has 2 heterocycles. The third-order valence-corrected chi connectivity index (χ3v) is 6.21. The number of pyridine rings is 1. The van der Waals surface area contributed by atoms with Crippen molar-refractivity contribution in [2.45, 2.75) is 32.6 Å². The van der Waals surface area contributed by atoms with E-state index in [0.717, 1.165) is 25.7 Å². The summed E-state index contributed by atoms with van der Waals surface area (Å²) < 4.78 is 33.7. The van der Waals surface area contributed by atoms with Crippen LogP contribution in [0.4, 0.5) is 0 Å². The van der Waals surface area contributed by atoms with Crippen molar-refractivity contribution in [3.63, 3.8) is 0 Å². The minimum atomic E-state index is -3.31. The van der Waals surface area contributed by atoms with Gasteiger partial charge in [0.2, 0.25) is 5.88 Å². The van der Waals surface area contributed by atoms with E-state index < -0.39 is 10.2 Å². The maximum Gasteiger partial charge on any atom is 0.281 e.